The van der Waals surface area contributed by atoms with E-state index < -0.39 is 0 Å². The topological polar surface area (TPSA) is 84.8 Å². The minimum Gasteiger partial charge on any atom is -0.315 e. The first-order chi connectivity index (χ1) is 10.8. The molecule has 0 saturated carbocycles. The molecule has 0 radical (unpaired) electrons. The van der Waals surface area contributed by atoms with Crippen molar-refractivity contribution in [3.05, 3.63) is 35.0 Å². The molecule has 0 atom stereocenters. The summed E-state index contributed by atoms with van der Waals surface area (Å²) in [7, 11) is 0. The van der Waals surface area contributed by atoms with Gasteiger partial charge in [0.25, 0.3) is 0 Å². The molecule has 6 nitrogen and oxygen atoms in total. The number of thiophene rings is 1. The van der Waals surface area contributed by atoms with E-state index in [0.717, 1.165) is 25.9 Å². The third-order valence-corrected chi connectivity index (χ3v) is 4.81. The zero-order chi connectivity index (χ0) is 15.4. The highest BCUT2D eigenvalue weighted by atomic mass is 32.1. The van der Waals surface area contributed by atoms with Crippen molar-refractivity contribution in [3.8, 4) is 6.07 Å². The third kappa shape index (κ3) is 3.35. The number of amides is 1. The highest BCUT2D eigenvalue weighted by Crippen LogP contribution is 2.27. The SMILES string of the molecule is N#Cc1ccsc1NC(=O)CN1CCC(c2cn[nH]c2)CC1. The first-order valence-electron chi connectivity index (χ1n) is 7.24. The molecule has 3 rings (SSSR count). The van der Waals surface area contributed by atoms with Gasteiger partial charge < -0.3 is 5.32 Å². The Kier molecular flexibility index (Phi) is 4.51. The van der Waals surface area contributed by atoms with Crippen LogP contribution < -0.4 is 5.32 Å². The number of likely N-dealkylation sites (tertiary alicyclic amines) is 1. The fourth-order valence-corrected chi connectivity index (χ4v) is 3.53. The monoisotopic (exact) mass is 315 g/mol. The Balaban J connectivity index is 1.48. The van der Waals surface area contributed by atoms with Gasteiger partial charge in [0.2, 0.25) is 5.91 Å². The van der Waals surface area contributed by atoms with E-state index in [9.17, 15) is 4.79 Å². The second-order valence-electron chi connectivity index (χ2n) is 5.41. The van der Waals surface area contributed by atoms with E-state index in [4.69, 9.17) is 5.26 Å². The Morgan fingerprint density at radius 2 is 2.36 bits per heavy atom. The second-order valence-corrected chi connectivity index (χ2v) is 6.32. The van der Waals surface area contributed by atoms with Gasteiger partial charge in [-0.3, -0.25) is 14.8 Å². The molecule has 1 saturated heterocycles. The van der Waals surface area contributed by atoms with Crippen LogP contribution in [-0.2, 0) is 4.79 Å². The lowest BCUT2D eigenvalue weighted by Gasteiger charge is -2.30. The lowest BCUT2D eigenvalue weighted by Crippen LogP contribution is -2.38. The van der Waals surface area contributed by atoms with Gasteiger partial charge in [-0.1, -0.05) is 0 Å². The molecule has 1 amide bonds. The molecule has 22 heavy (non-hydrogen) atoms. The number of aromatic amines is 1. The highest BCUT2D eigenvalue weighted by molar-refractivity contribution is 7.14. The van der Waals surface area contributed by atoms with Crippen molar-refractivity contribution >= 4 is 22.2 Å². The fourth-order valence-electron chi connectivity index (χ4n) is 2.77. The standard InChI is InChI=1S/C15H17N5OS/c16-7-12-3-6-22-15(12)19-14(21)10-20-4-1-11(2-5-20)13-8-17-18-9-13/h3,6,8-9,11H,1-2,4-5,10H2,(H,17,18)(H,19,21). The second kappa shape index (κ2) is 6.73. The average Bonchev–Trinajstić information content (AvgIpc) is 3.19. The molecule has 0 spiro atoms. The molecule has 2 aromatic heterocycles. The van der Waals surface area contributed by atoms with Gasteiger partial charge in [-0.2, -0.15) is 10.4 Å². The van der Waals surface area contributed by atoms with Crippen LogP contribution in [0, 0.1) is 11.3 Å². The van der Waals surface area contributed by atoms with Gasteiger partial charge in [0.15, 0.2) is 0 Å². The maximum atomic E-state index is 12.1. The number of carbonyl (C=O) groups is 1. The molecule has 0 unspecified atom stereocenters. The van der Waals surface area contributed by atoms with E-state index in [1.54, 1.807) is 6.07 Å². The van der Waals surface area contributed by atoms with Gasteiger partial charge in [0, 0.05) is 6.20 Å². The molecule has 0 bridgehead atoms. The van der Waals surface area contributed by atoms with Crippen LogP contribution in [0.1, 0.15) is 29.9 Å². The maximum Gasteiger partial charge on any atom is 0.239 e. The van der Waals surface area contributed by atoms with E-state index >= 15 is 0 Å². The molecule has 1 fully saturated rings. The fraction of sp³-hybridized carbons (Fsp3) is 0.400. The third-order valence-electron chi connectivity index (χ3n) is 3.98. The summed E-state index contributed by atoms with van der Waals surface area (Å²) < 4.78 is 0. The largest absolute Gasteiger partial charge is 0.315 e. The van der Waals surface area contributed by atoms with Crippen molar-refractivity contribution in [1.82, 2.24) is 15.1 Å². The summed E-state index contributed by atoms with van der Waals surface area (Å²) in [5, 5.41) is 21.1. The zero-order valence-corrected chi connectivity index (χ0v) is 12.9. The van der Waals surface area contributed by atoms with Crippen LogP contribution in [0.15, 0.2) is 23.8 Å². The Bertz CT molecular complexity index is 664. The van der Waals surface area contributed by atoms with Gasteiger partial charge in [-0.25, -0.2) is 0 Å². The van der Waals surface area contributed by atoms with Crippen molar-refractivity contribution in [2.24, 2.45) is 0 Å². The van der Waals surface area contributed by atoms with E-state index in [2.05, 4.69) is 26.5 Å². The molecule has 1 aliphatic rings. The molecule has 7 heteroatoms. The van der Waals surface area contributed by atoms with Crippen LogP contribution in [0.2, 0.25) is 0 Å². The van der Waals surface area contributed by atoms with E-state index in [1.807, 2.05) is 17.8 Å². The number of nitrogens with zero attached hydrogens (tertiary/aromatic N) is 3. The number of H-pyrrole nitrogens is 1. The molecule has 3 heterocycles. The minimum absolute atomic E-state index is 0.0549. The number of hydrogen-bond acceptors (Lipinski definition) is 5. The number of aromatic nitrogens is 2. The normalized spacial score (nSPS) is 16.3. The van der Waals surface area contributed by atoms with Crippen LogP contribution in [0.4, 0.5) is 5.00 Å². The molecule has 0 aromatic carbocycles. The van der Waals surface area contributed by atoms with E-state index in [-0.39, 0.29) is 5.91 Å². The summed E-state index contributed by atoms with van der Waals surface area (Å²) in [5.41, 5.74) is 1.78. The summed E-state index contributed by atoms with van der Waals surface area (Å²) in [6.45, 7) is 2.18. The van der Waals surface area contributed by atoms with Crippen LogP contribution in [-0.4, -0.2) is 40.6 Å². The quantitative estimate of drug-likeness (QED) is 0.905. The van der Waals surface area contributed by atoms with Gasteiger partial charge in [-0.15, -0.1) is 11.3 Å². The molecule has 0 aliphatic carbocycles. The Morgan fingerprint density at radius 1 is 1.55 bits per heavy atom. The molecule has 2 aromatic rings. The predicted molar refractivity (Wildman–Crippen MR) is 84.7 cm³/mol. The number of hydrogen-bond donors (Lipinski definition) is 2. The van der Waals surface area contributed by atoms with Gasteiger partial charge >= 0.3 is 0 Å². The van der Waals surface area contributed by atoms with Crippen molar-refractivity contribution in [2.45, 2.75) is 18.8 Å². The Labute approximate surface area is 132 Å². The molecule has 1 aliphatic heterocycles. The smallest absolute Gasteiger partial charge is 0.239 e. The Hall–Kier alpha value is -2.17. The number of rotatable bonds is 4. The lowest BCUT2D eigenvalue weighted by atomic mass is 9.91. The number of nitriles is 1. The first-order valence-corrected chi connectivity index (χ1v) is 8.12. The van der Waals surface area contributed by atoms with Crippen LogP contribution in [0.3, 0.4) is 0 Å². The number of nitrogens with one attached hydrogen (secondary N) is 2. The summed E-state index contributed by atoms with van der Waals surface area (Å²) in [6.07, 6.45) is 5.91. The number of piperidine rings is 1. The summed E-state index contributed by atoms with van der Waals surface area (Å²) in [6, 6.07) is 3.80. The highest BCUT2D eigenvalue weighted by Gasteiger charge is 2.22. The molecule has 2 N–H and O–H groups in total. The molecular weight excluding hydrogens is 298 g/mol. The maximum absolute atomic E-state index is 12.1. The zero-order valence-electron chi connectivity index (χ0n) is 12.1. The van der Waals surface area contributed by atoms with E-state index in [0.29, 0.717) is 23.0 Å². The molecular formula is C15H17N5OS. The van der Waals surface area contributed by atoms with Crippen LogP contribution in [0.5, 0.6) is 0 Å². The summed E-state index contributed by atoms with van der Waals surface area (Å²) in [5.74, 6) is 0.473. The van der Waals surface area contributed by atoms with Crippen molar-refractivity contribution in [1.29, 1.82) is 5.26 Å². The van der Waals surface area contributed by atoms with Gasteiger partial charge in [0.05, 0.1) is 18.3 Å². The average molecular weight is 315 g/mol. The van der Waals surface area contributed by atoms with Gasteiger partial charge in [-0.05, 0) is 48.9 Å². The predicted octanol–water partition coefficient (Wildman–Crippen LogP) is 2.16. The van der Waals surface area contributed by atoms with Crippen LogP contribution >= 0.6 is 11.3 Å². The lowest BCUT2D eigenvalue weighted by molar-refractivity contribution is -0.117. The minimum atomic E-state index is -0.0549. The van der Waals surface area contributed by atoms with Crippen molar-refractivity contribution in [3.63, 3.8) is 0 Å². The summed E-state index contributed by atoms with van der Waals surface area (Å²) >= 11 is 1.38. The Morgan fingerprint density at radius 3 is 3.05 bits per heavy atom. The molecule has 114 valence electrons. The van der Waals surface area contributed by atoms with Crippen molar-refractivity contribution in [2.75, 3.05) is 25.0 Å². The number of carbonyl (C=O) groups excluding carboxylic acids is 1. The first kappa shape index (κ1) is 14.8. The van der Waals surface area contributed by atoms with Gasteiger partial charge in [0.1, 0.15) is 11.1 Å². The van der Waals surface area contributed by atoms with Crippen LogP contribution in [0.25, 0.3) is 0 Å². The van der Waals surface area contributed by atoms with Crippen molar-refractivity contribution < 1.29 is 4.79 Å². The van der Waals surface area contributed by atoms with E-state index in [1.165, 1.54) is 16.9 Å². The number of anilines is 1. The summed E-state index contributed by atoms with van der Waals surface area (Å²) in [4.78, 5) is 14.2.